The Hall–Kier alpha value is -3.88. The van der Waals surface area contributed by atoms with Crippen LogP contribution in [0.1, 0.15) is 21.5 Å². The zero-order chi connectivity index (χ0) is 24.6. The maximum absolute atomic E-state index is 13.0. The molecule has 0 aromatic heterocycles. The Morgan fingerprint density at radius 2 is 1.74 bits per heavy atom. The lowest BCUT2D eigenvalue weighted by atomic mass is 10.1. The van der Waals surface area contributed by atoms with Crippen molar-refractivity contribution in [3.8, 4) is 5.75 Å². The molecule has 1 heterocycles. The van der Waals surface area contributed by atoms with Crippen LogP contribution in [0.15, 0.2) is 88.8 Å². The van der Waals surface area contributed by atoms with Gasteiger partial charge in [-0.05, 0) is 65.4 Å². The Bertz CT molecular complexity index is 1240. The van der Waals surface area contributed by atoms with Gasteiger partial charge >= 0.3 is 5.97 Å². The fraction of sp³-hybridized carbons (Fsp3) is 0.148. The molecule has 0 atom stereocenters. The molecule has 0 aliphatic carbocycles. The third-order valence-electron chi connectivity index (χ3n) is 5.17. The third-order valence-corrected chi connectivity index (χ3v) is 6.18. The number of carboxylic acid groups (broad SMARTS) is 1. The molecule has 35 heavy (non-hydrogen) atoms. The number of nitrogens with zero attached hydrogens (tertiary/aromatic N) is 2. The van der Waals surface area contributed by atoms with Crippen LogP contribution in [0.25, 0.3) is 6.08 Å². The number of methoxy groups -OCH3 is 1. The summed E-state index contributed by atoms with van der Waals surface area (Å²) < 4.78 is 11.0. The molecule has 0 bridgehead atoms. The number of hydrogen-bond acceptors (Lipinski definition) is 6. The summed E-state index contributed by atoms with van der Waals surface area (Å²) in [5, 5.41) is 9.61. The number of thioether (sulfide) groups is 1. The first kappa shape index (κ1) is 24.3. The molecule has 1 saturated heterocycles. The van der Waals surface area contributed by atoms with Crippen molar-refractivity contribution in [1.29, 1.82) is 0 Å². The number of benzene rings is 3. The summed E-state index contributed by atoms with van der Waals surface area (Å²) in [6.07, 6.45) is 1.84. The molecule has 1 N–H and O–H groups in total. The number of aliphatic imine (C=N–C) groups is 1. The molecule has 8 heteroatoms. The van der Waals surface area contributed by atoms with Crippen LogP contribution in [0.5, 0.6) is 5.75 Å². The van der Waals surface area contributed by atoms with E-state index in [1.54, 1.807) is 36.3 Å². The van der Waals surface area contributed by atoms with Gasteiger partial charge in [-0.1, -0.05) is 42.5 Å². The van der Waals surface area contributed by atoms with Gasteiger partial charge in [-0.25, -0.2) is 9.79 Å². The summed E-state index contributed by atoms with van der Waals surface area (Å²) in [7, 11) is 1.60. The van der Waals surface area contributed by atoms with E-state index in [1.165, 1.54) is 11.8 Å². The van der Waals surface area contributed by atoms with Crippen molar-refractivity contribution in [3.63, 3.8) is 0 Å². The summed E-state index contributed by atoms with van der Waals surface area (Å²) in [6, 6.07) is 23.5. The maximum atomic E-state index is 13.0. The van der Waals surface area contributed by atoms with Crippen molar-refractivity contribution in [2.75, 3.05) is 20.3 Å². The first-order valence-corrected chi connectivity index (χ1v) is 11.7. The molecule has 0 radical (unpaired) electrons. The van der Waals surface area contributed by atoms with Crippen LogP contribution < -0.4 is 4.74 Å². The van der Waals surface area contributed by atoms with Gasteiger partial charge in [0.1, 0.15) is 12.4 Å². The van der Waals surface area contributed by atoms with E-state index in [1.807, 2.05) is 60.7 Å². The Balaban J connectivity index is 1.44. The number of para-hydroxylation sites is 1. The number of amides is 1. The highest BCUT2D eigenvalue weighted by Gasteiger charge is 2.33. The summed E-state index contributed by atoms with van der Waals surface area (Å²) in [5.74, 6) is -0.388. The van der Waals surface area contributed by atoms with Crippen LogP contribution >= 0.6 is 11.8 Å². The van der Waals surface area contributed by atoms with E-state index in [0.29, 0.717) is 35.6 Å². The maximum Gasteiger partial charge on any atom is 0.335 e. The highest BCUT2D eigenvalue weighted by molar-refractivity contribution is 8.18. The van der Waals surface area contributed by atoms with Gasteiger partial charge in [0.2, 0.25) is 0 Å². The first-order chi connectivity index (χ1) is 17.0. The second kappa shape index (κ2) is 11.5. The fourth-order valence-electron chi connectivity index (χ4n) is 3.31. The van der Waals surface area contributed by atoms with E-state index in [2.05, 4.69) is 4.99 Å². The molecule has 0 unspecified atom stereocenters. The van der Waals surface area contributed by atoms with E-state index in [-0.39, 0.29) is 11.5 Å². The Morgan fingerprint density at radius 3 is 2.40 bits per heavy atom. The van der Waals surface area contributed by atoms with Crippen molar-refractivity contribution in [2.24, 2.45) is 4.99 Å². The Kier molecular flexibility index (Phi) is 7.97. The smallest absolute Gasteiger partial charge is 0.335 e. The van der Waals surface area contributed by atoms with E-state index >= 15 is 0 Å². The van der Waals surface area contributed by atoms with Gasteiger partial charge in [-0.15, -0.1) is 0 Å². The summed E-state index contributed by atoms with van der Waals surface area (Å²) in [6.45, 7) is 1.16. The summed E-state index contributed by atoms with van der Waals surface area (Å²) in [4.78, 5) is 30.9. The summed E-state index contributed by atoms with van der Waals surface area (Å²) in [5.41, 5.74) is 2.76. The number of ether oxygens (including phenoxy) is 2. The van der Waals surface area contributed by atoms with Crippen LogP contribution in [0.2, 0.25) is 0 Å². The number of carbonyl (C=O) groups excluding carboxylic acids is 1. The quantitative estimate of drug-likeness (QED) is 0.416. The predicted octanol–water partition coefficient (Wildman–Crippen LogP) is 5.21. The SMILES string of the molecule is COCCN1C(=O)/C(=C/c2ccc(OCc3ccc(C(=O)O)cc3)cc2)SC1=Nc1ccccc1. The normalized spacial score (nSPS) is 15.7. The van der Waals surface area contributed by atoms with Gasteiger partial charge in [-0.3, -0.25) is 9.69 Å². The molecule has 178 valence electrons. The van der Waals surface area contributed by atoms with Crippen LogP contribution in [0.4, 0.5) is 5.69 Å². The molecule has 1 aliphatic rings. The molecular weight excluding hydrogens is 464 g/mol. The topological polar surface area (TPSA) is 88.4 Å². The van der Waals surface area contributed by atoms with E-state index in [9.17, 15) is 9.59 Å². The minimum absolute atomic E-state index is 0.105. The van der Waals surface area contributed by atoms with Crippen LogP contribution in [0.3, 0.4) is 0 Å². The molecule has 7 nitrogen and oxygen atoms in total. The molecule has 1 amide bonds. The van der Waals surface area contributed by atoms with Crippen molar-refractivity contribution in [1.82, 2.24) is 4.90 Å². The lowest BCUT2D eigenvalue weighted by molar-refractivity contribution is -0.122. The molecule has 0 saturated carbocycles. The second-order valence-electron chi connectivity index (χ2n) is 7.65. The molecule has 4 rings (SSSR count). The number of carbonyl (C=O) groups is 2. The zero-order valence-corrected chi connectivity index (χ0v) is 19.9. The minimum atomic E-state index is -0.957. The van der Waals surface area contributed by atoms with E-state index < -0.39 is 5.97 Å². The van der Waals surface area contributed by atoms with Gasteiger partial charge < -0.3 is 14.6 Å². The zero-order valence-electron chi connectivity index (χ0n) is 19.1. The highest BCUT2D eigenvalue weighted by atomic mass is 32.2. The van der Waals surface area contributed by atoms with Crippen molar-refractivity contribution >= 4 is 40.6 Å². The van der Waals surface area contributed by atoms with E-state index in [4.69, 9.17) is 14.6 Å². The number of carboxylic acids is 1. The van der Waals surface area contributed by atoms with Gasteiger partial charge in [0.05, 0.1) is 29.3 Å². The molecule has 3 aromatic carbocycles. The first-order valence-electron chi connectivity index (χ1n) is 10.9. The average Bonchev–Trinajstić information content (AvgIpc) is 3.16. The second-order valence-corrected chi connectivity index (χ2v) is 8.66. The third kappa shape index (κ3) is 6.38. The minimum Gasteiger partial charge on any atom is -0.489 e. The highest BCUT2D eigenvalue weighted by Crippen LogP contribution is 2.34. The van der Waals surface area contributed by atoms with Crippen LogP contribution in [-0.2, 0) is 16.1 Å². The number of aromatic carboxylic acids is 1. The number of hydrogen-bond donors (Lipinski definition) is 1. The van der Waals surface area contributed by atoms with Gasteiger partial charge in [0, 0.05) is 7.11 Å². The molecule has 1 fully saturated rings. The van der Waals surface area contributed by atoms with Gasteiger partial charge in [0.25, 0.3) is 5.91 Å². The molecule has 3 aromatic rings. The molecular formula is C27H24N2O5S. The Labute approximate surface area is 207 Å². The Morgan fingerprint density at radius 1 is 1.03 bits per heavy atom. The fourth-order valence-corrected chi connectivity index (χ4v) is 4.33. The largest absolute Gasteiger partial charge is 0.489 e. The van der Waals surface area contributed by atoms with Crippen molar-refractivity contribution in [3.05, 3.63) is 100 Å². The lowest BCUT2D eigenvalue weighted by Crippen LogP contribution is -2.32. The summed E-state index contributed by atoms with van der Waals surface area (Å²) >= 11 is 1.34. The van der Waals surface area contributed by atoms with Crippen molar-refractivity contribution < 1.29 is 24.2 Å². The lowest BCUT2D eigenvalue weighted by Gasteiger charge is -2.14. The average molecular weight is 489 g/mol. The number of amidine groups is 1. The molecule has 1 aliphatic heterocycles. The van der Waals surface area contributed by atoms with Gasteiger partial charge in [-0.2, -0.15) is 0 Å². The van der Waals surface area contributed by atoms with Crippen molar-refractivity contribution in [2.45, 2.75) is 6.61 Å². The van der Waals surface area contributed by atoms with Crippen LogP contribution in [0, 0.1) is 0 Å². The monoisotopic (exact) mass is 488 g/mol. The number of rotatable bonds is 9. The van der Waals surface area contributed by atoms with Gasteiger partial charge in [0.15, 0.2) is 5.17 Å². The predicted molar refractivity (Wildman–Crippen MR) is 137 cm³/mol. The molecule has 0 spiro atoms. The van der Waals surface area contributed by atoms with Crippen LogP contribution in [-0.4, -0.2) is 47.3 Å². The standard InChI is InChI=1S/C27H24N2O5S/c1-33-16-15-29-25(30)24(35-27(29)28-22-5-3-2-4-6-22)17-19-9-13-23(14-10-19)34-18-20-7-11-21(12-8-20)26(31)32/h2-14,17H,15-16,18H2,1H3,(H,31,32)/b24-17-,28-27?. The van der Waals surface area contributed by atoms with E-state index in [0.717, 1.165) is 16.8 Å².